The van der Waals surface area contributed by atoms with Gasteiger partial charge in [-0.05, 0) is 54.4 Å². The number of furan rings is 1. The van der Waals surface area contributed by atoms with Gasteiger partial charge < -0.3 is 24.9 Å². The molecule has 2 aromatic carbocycles. The summed E-state index contributed by atoms with van der Waals surface area (Å²) >= 11 is 0. The monoisotopic (exact) mass is 501 g/mol. The summed E-state index contributed by atoms with van der Waals surface area (Å²) in [5, 5.41) is 15.9. The van der Waals surface area contributed by atoms with Crippen molar-refractivity contribution in [1.29, 1.82) is 0 Å². The van der Waals surface area contributed by atoms with E-state index in [1.807, 2.05) is 54.6 Å². The Balaban J connectivity index is 1.35. The molecule has 37 heavy (non-hydrogen) atoms. The standard InChI is InChI=1S/C29H31N3O5/c1-3-19(2)25(32-22-10-8-20(9-11-22)29(35)30-15-14-28(33)34)18-36-23-12-13-24(31-17-23)27-16-21-6-4-5-7-26(21)37-27/h4-13,16-17,19,25,32H,3,14-15,18H2,1-2H3,(H,30,35)(H,33,34). The number of benzene rings is 2. The number of hydrogen-bond donors (Lipinski definition) is 3. The van der Waals surface area contributed by atoms with Gasteiger partial charge in [0.2, 0.25) is 0 Å². The number of rotatable bonds is 12. The van der Waals surface area contributed by atoms with Crippen molar-refractivity contribution in [1.82, 2.24) is 10.3 Å². The lowest BCUT2D eigenvalue weighted by Gasteiger charge is -2.25. The van der Waals surface area contributed by atoms with Crippen molar-refractivity contribution in [2.24, 2.45) is 5.92 Å². The van der Waals surface area contributed by atoms with E-state index in [9.17, 15) is 9.59 Å². The molecule has 2 unspecified atom stereocenters. The van der Waals surface area contributed by atoms with Crippen LogP contribution in [0.4, 0.5) is 5.69 Å². The minimum atomic E-state index is -0.948. The van der Waals surface area contributed by atoms with E-state index in [-0.39, 0.29) is 24.9 Å². The predicted molar refractivity (Wildman–Crippen MR) is 143 cm³/mol. The minimum Gasteiger partial charge on any atom is -0.490 e. The van der Waals surface area contributed by atoms with Gasteiger partial charge in [0.1, 0.15) is 23.6 Å². The maximum absolute atomic E-state index is 12.2. The van der Waals surface area contributed by atoms with Gasteiger partial charge in [0, 0.05) is 23.2 Å². The summed E-state index contributed by atoms with van der Waals surface area (Å²) in [4.78, 5) is 27.3. The average Bonchev–Trinajstić information content (AvgIpc) is 3.35. The van der Waals surface area contributed by atoms with Crippen LogP contribution in [-0.2, 0) is 4.79 Å². The van der Waals surface area contributed by atoms with Crippen LogP contribution in [0.2, 0.25) is 0 Å². The zero-order valence-corrected chi connectivity index (χ0v) is 20.9. The van der Waals surface area contributed by atoms with Crippen LogP contribution in [-0.4, -0.2) is 41.2 Å². The molecule has 0 radical (unpaired) electrons. The number of anilines is 1. The van der Waals surface area contributed by atoms with Gasteiger partial charge in [-0.15, -0.1) is 0 Å². The van der Waals surface area contributed by atoms with Gasteiger partial charge in [-0.1, -0.05) is 38.5 Å². The van der Waals surface area contributed by atoms with E-state index >= 15 is 0 Å². The molecule has 0 aliphatic rings. The smallest absolute Gasteiger partial charge is 0.305 e. The molecule has 0 bridgehead atoms. The molecule has 2 atom stereocenters. The van der Waals surface area contributed by atoms with E-state index < -0.39 is 5.97 Å². The highest BCUT2D eigenvalue weighted by atomic mass is 16.5. The summed E-state index contributed by atoms with van der Waals surface area (Å²) in [6, 6.07) is 20.8. The number of carboxylic acid groups (broad SMARTS) is 1. The highest BCUT2D eigenvalue weighted by molar-refractivity contribution is 5.94. The number of carbonyl (C=O) groups excluding carboxylic acids is 1. The van der Waals surface area contributed by atoms with Gasteiger partial charge in [-0.2, -0.15) is 0 Å². The zero-order chi connectivity index (χ0) is 26.2. The van der Waals surface area contributed by atoms with Crippen molar-refractivity contribution in [3.63, 3.8) is 0 Å². The number of amides is 1. The predicted octanol–water partition coefficient (Wildman–Crippen LogP) is 5.60. The Morgan fingerprint density at radius 3 is 2.54 bits per heavy atom. The Kier molecular flexibility index (Phi) is 8.40. The normalized spacial score (nSPS) is 12.6. The van der Waals surface area contributed by atoms with Gasteiger partial charge in [0.25, 0.3) is 5.91 Å². The summed E-state index contributed by atoms with van der Waals surface area (Å²) in [5.41, 5.74) is 2.92. The number of para-hydroxylation sites is 1. The van der Waals surface area contributed by atoms with Crippen molar-refractivity contribution in [2.45, 2.75) is 32.7 Å². The molecule has 2 aromatic heterocycles. The van der Waals surface area contributed by atoms with Crippen molar-refractivity contribution in [3.05, 3.63) is 78.5 Å². The SMILES string of the molecule is CCC(C)C(COc1ccc(-c2cc3ccccc3o2)nc1)Nc1ccc(C(=O)NCCC(=O)O)cc1. The lowest BCUT2D eigenvalue weighted by Crippen LogP contribution is -2.33. The molecule has 4 rings (SSSR count). The van der Waals surface area contributed by atoms with Crippen LogP contribution >= 0.6 is 0 Å². The minimum absolute atomic E-state index is 0.0373. The fraction of sp³-hybridized carbons (Fsp3) is 0.276. The third-order valence-corrected chi connectivity index (χ3v) is 6.30. The first-order chi connectivity index (χ1) is 17.9. The second-order valence-corrected chi connectivity index (χ2v) is 8.95. The number of pyridine rings is 1. The van der Waals surface area contributed by atoms with Gasteiger partial charge in [-0.3, -0.25) is 9.59 Å². The van der Waals surface area contributed by atoms with Crippen LogP contribution in [0.5, 0.6) is 5.75 Å². The topological polar surface area (TPSA) is 114 Å². The molecule has 192 valence electrons. The molecule has 8 heteroatoms. The van der Waals surface area contributed by atoms with E-state index in [0.29, 0.717) is 29.6 Å². The van der Waals surface area contributed by atoms with E-state index in [4.69, 9.17) is 14.3 Å². The van der Waals surface area contributed by atoms with Crippen molar-refractivity contribution >= 4 is 28.5 Å². The Morgan fingerprint density at radius 1 is 1.08 bits per heavy atom. The average molecular weight is 502 g/mol. The van der Waals surface area contributed by atoms with Gasteiger partial charge in [0.15, 0.2) is 5.76 Å². The molecular weight excluding hydrogens is 470 g/mol. The highest BCUT2D eigenvalue weighted by Crippen LogP contribution is 2.27. The Labute approximate surface area is 215 Å². The Bertz CT molecular complexity index is 1300. The van der Waals surface area contributed by atoms with E-state index in [1.165, 1.54) is 0 Å². The second-order valence-electron chi connectivity index (χ2n) is 8.95. The maximum atomic E-state index is 12.2. The van der Waals surface area contributed by atoms with Crippen molar-refractivity contribution in [2.75, 3.05) is 18.5 Å². The highest BCUT2D eigenvalue weighted by Gasteiger charge is 2.18. The first kappa shape index (κ1) is 25.8. The number of fused-ring (bicyclic) bond motifs is 1. The molecule has 2 heterocycles. The Hall–Kier alpha value is -4.33. The molecule has 0 aliphatic carbocycles. The molecule has 1 amide bonds. The van der Waals surface area contributed by atoms with E-state index in [2.05, 4.69) is 29.5 Å². The van der Waals surface area contributed by atoms with Crippen LogP contribution in [0.15, 0.2) is 77.3 Å². The van der Waals surface area contributed by atoms with Crippen LogP contribution in [0.1, 0.15) is 37.0 Å². The summed E-state index contributed by atoms with van der Waals surface area (Å²) in [7, 11) is 0. The van der Waals surface area contributed by atoms with Crippen molar-refractivity contribution in [3.8, 4) is 17.2 Å². The number of hydrogen-bond acceptors (Lipinski definition) is 6. The maximum Gasteiger partial charge on any atom is 0.305 e. The number of aromatic nitrogens is 1. The number of carboxylic acids is 1. The molecule has 0 aliphatic heterocycles. The lowest BCUT2D eigenvalue weighted by molar-refractivity contribution is -0.136. The first-order valence-electron chi connectivity index (χ1n) is 12.4. The fourth-order valence-corrected chi connectivity index (χ4v) is 3.86. The third-order valence-electron chi connectivity index (χ3n) is 6.30. The van der Waals surface area contributed by atoms with Crippen LogP contribution in [0, 0.1) is 5.92 Å². The molecule has 4 aromatic rings. The van der Waals surface area contributed by atoms with Crippen molar-refractivity contribution < 1.29 is 23.8 Å². The molecule has 0 fully saturated rings. The van der Waals surface area contributed by atoms with Gasteiger partial charge in [-0.25, -0.2) is 4.98 Å². The van der Waals surface area contributed by atoms with Crippen LogP contribution in [0.3, 0.4) is 0 Å². The molecule has 8 nitrogen and oxygen atoms in total. The number of aliphatic carboxylic acids is 1. The molecular formula is C29H31N3O5. The summed E-state index contributed by atoms with van der Waals surface area (Å²) in [5.74, 6) is 0.473. The fourth-order valence-electron chi connectivity index (χ4n) is 3.86. The number of carbonyl (C=O) groups is 2. The summed E-state index contributed by atoms with van der Waals surface area (Å²) < 4.78 is 12.0. The summed E-state index contributed by atoms with van der Waals surface area (Å²) in [6.45, 7) is 4.83. The third kappa shape index (κ3) is 6.88. The number of ether oxygens (including phenoxy) is 1. The van der Waals surface area contributed by atoms with Crippen LogP contribution < -0.4 is 15.4 Å². The second kappa shape index (κ2) is 12.1. The first-order valence-corrected chi connectivity index (χ1v) is 12.4. The molecule has 0 spiro atoms. The molecule has 3 N–H and O–H groups in total. The van der Waals surface area contributed by atoms with Gasteiger partial charge in [0.05, 0.1) is 18.7 Å². The lowest BCUT2D eigenvalue weighted by atomic mass is 9.99. The zero-order valence-electron chi connectivity index (χ0n) is 20.9. The Morgan fingerprint density at radius 2 is 1.86 bits per heavy atom. The van der Waals surface area contributed by atoms with E-state index in [1.54, 1.807) is 18.3 Å². The van der Waals surface area contributed by atoms with Crippen LogP contribution in [0.25, 0.3) is 22.4 Å². The quantitative estimate of drug-likeness (QED) is 0.231. The molecule has 0 saturated carbocycles. The van der Waals surface area contributed by atoms with E-state index in [0.717, 1.165) is 28.8 Å². The summed E-state index contributed by atoms with van der Waals surface area (Å²) in [6.07, 6.45) is 2.56. The number of nitrogens with zero attached hydrogens (tertiary/aromatic N) is 1. The number of nitrogens with one attached hydrogen (secondary N) is 2. The van der Waals surface area contributed by atoms with Gasteiger partial charge >= 0.3 is 5.97 Å². The molecule has 0 saturated heterocycles. The largest absolute Gasteiger partial charge is 0.490 e.